The van der Waals surface area contributed by atoms with Gasteiger partial charge in [0.25, 0.3) is 0 Å². The molecule has 0 aliphatic rings. The molecule has 1 nitrogen and oxygen atoms in total. The van der Waals surface area contributed by atoms with E-state index >= 15 is 0 Å². The Labute approximate surface area is 89.0 Å². The van der Waals surface area contributed by atoms with Crippen LogP contribution in [0.4, 0.5) is 0 Å². The normalized spacial score (nSPS) is 12.9. The van der Waals surface area contributed by atoms with Crippen molar-refractivity contribution in [3.05, 3.63) is 33.8 Å². The molecule has 1 N–H and O–H groups in total. The monoisotopic (exact) mass is 217 g/mol. The van der Waals surface area contributed by atoms with Crippen molar-refractivity contribution in [3.63, 3.8) is 0 Å². The molecule has 1 atom stereocenters. The predicted molar refractivity (Wildman–Crippen MR) is 58.6 cm³/mol. The second-order valence-electron chi connectivity index (χ2n) is 2.95. The third kappa shape index (κ3) is 2.87. The minimum absolute atomic E-state index is 0.319. The van der Waals surface area contributed by atoms with Crippen molar-refractivity contribution in [3.8, 4) is 0 Å². The molecule has 0 aromatic heterocycles. The molecule has 1 rings (SSSR count). The zero-order valence-corrected chi connectivity index (χ0v) is 9.28. The highest BCUT2D eigenvalue weighted by Gasteiger charge is 2.05. The number of hydrogen-bond acceptors (Lipinski definition) is 1. The van der Waals surface area contributed by atoms with Crippen LogP contribution in [0, 0.1) is 0 Å². The fraction of sp³-hybridized carbons (Fsp3) is 0.400. The highest BCUT2D eigenvalue weighted by atomic mass is 35.5. The summed E-state index contributed by atoms with van der Waals surface area (Å²) in [5.41, 5.74) is 1.16. The molecule has 0 heterocycles. The van der Waals surface area contributed by atoms with Gasteiger partial charge < -0.3 is 5.32 Å². The lowest BCUT2D eigenvalue weighted by atomic mass is 10.1. The summed E-state index contributed by atoms with van der Waals surface area (Å²) in [4.78, 5) is 0. The molecule has 1 aromatic carbocycles. The van der Waals surface area contributed by atoms with E-state index in [0.717, 1.165) is 12.1 Å². The van der Waals surface area contributed by atoms with Gasteiger partial charge in [-0.15, -0.1) is 0 Å². The Morgan fingerprint density at radius 3 is 2.54 bits per heavy atom. The maximum Gasteiger partial charge on any atom is 0.0595 e. The molecule has 0 spiro atoms. The fourth-order valence-corrected chi connectivity index (χ4v) is 1.51. The first-order chi connectivity index (χ1) is 6.15. The van der Waals surface area contributed by atoms with E-state index in [1.54, 1.807) is 0 Å². The zero-order valence-electron chi connectivity index (χ0n) is 7.77. The summed E-state index contributed by atoms with van der Waals surface area (Å²) in [7, 11) is 0. The van der Waals surface area contributed by atoms with E-state index in [1.165, 1.54) is 0 Å². The molecule has 0 bridgehead atoms. The van der Waals surface area contributed by atoms with Gasteiger partial charge in [0.15, 0.2) is 0 Å². The molecule has 3 heteroatoms. The van der Waals surface area contributed by atoms with E-state index in [4.69, 9.17) is 23.2 Å². The summed E-state index contributed by atoms with van der Waals surface area (Å²) < 4.78 is 0. The van der Waals surface area contributed by atoms with E-state index in [-0.39, 0.29) is 0 Å². The molecule has 72 valence electrons. The van der Waals surface area contributed by atoms with E-state index in [0.29, 0.717) is 16.1 Å². The minimum Gasteiger partial charge on any atom is -0.310 e. The first-order valence-corrected chi connectivity index (χ1v) is 5.09. The second-order valence-corrected chi connectivity index (χ2v) is 3.77. The van der Waals surface area contributed by atoms with Crippen molar-refractivity contribution in [2.75, 3.05) is 6.54 Å². The maximum atomic E-state index is 5.90. The third-order valence-electron chi connectivity index (χ3n) is 1.95. The highest BCUT2D eigenvalue weighted by Crippen LogP contribution is 2.25. The Morgan fingerprint density at radius 2 is 2.00 bits per heavy atom. The van der Waals surface area contributed by atoms with Crippen LogP contribution in [-0.2, 0) is 0 Å². The summed E-state index contributed by atoms with van der Waals surface area (Å²) >= 11 is 11.7. The lowest BCUT2D eigenvalue weighted by Gasteiger charge is -2.12. The summed E-state index contributed by atoms with van der Waals surface area (Å²) in [5.74, 6) is 0. The van der Waals surface area contributed by atoms with Crippen molar-refractivity contribution in [1.29, 1.82) is 0 Å². The fourth-order valence-electron chi connectivity index (χ4n) is 1.21. The van der Waals surface area contributed by atoms with Crippen LogP contribution < -0.4 is 5.32 Å². The molecule has 0 saturated heterocycles. The molecule has 0 saturated carbocycles. The average molecular weight is 218 g/mol. The lowest BCUT2D eigenvalue weighted by Crippen LogP contribution is -2.17. The molecule has 0 amide bonds. The van der Waals surface area contributed by atoms with Gasteiger partial charge >= 0.3 is 0 Å². The van der Waals surface area contributed by atoms with Gasteiger partial charge in [0.05, 0.1) is 10.0 Å². The van der Waals surface area contributed by atoms with Crippen molar-refractivity contribution in [2.45, 2.75) is 19.9 Å². The second kappa shape index (κ2) is 4.85. The van der Waals surface area contributed by atoms with Gasteiger partial charge in [0.2, 0.25) is 0 Å². The van der Waals surface area contributed by atoms with Crippen LogP contribution in [0.2, 0.25) is 10.0 Å². The Kier molecular flexibility index (Phi) is 4.04. The molecule has 0 fully saturated rings. The Balaban J connectivity index is 2.84. The van der Waals surface area contributed by atoms with Crippen LogP contribution in [0.1, 0.15) is 25.5 Å². The zero-order chi connectivity index (χ0) is 9.84. The lowest BCUT2D eigenvalue weighted by molar-refractivity contribution is 0.598. The van der Waals surface area contributed by atoms with Gasteiger partial charge in [-0.3, -0.25) is 0 Å². The first-order valence-electron chi connectivity index (χ1n) is 4.33. The van der Waals surface area contributed by atoms with Gasteiger partial charge in [-0.25, -0.2) is 0 Å². The number of nitrogens with one attached hydrogen (secondary N) is 1. The quantitative estimate of drug-likeness (QED) is 0.816. The summed E-state index contributed by atoms with van der Waals surface area (Å²) in [5, 5.41) is 4.53. The van der Waals surface area contributed by atoms with E-state index in [2.05, 4.69) is 19.2 Å². The average Bonchev–Trinajstić information content (AvgIpc) is 2.10. The number of hydrogen-bond donors (Lipinski definition) is 1. The van der Waals surface area contributed by atoms with E-state index in [1.807, 2.05) is 18.2 Å². The largest absolute Gasteiger partial charge is 0.310 e. The molecule has 0 aliphatic carbocycles. The molecular formula is C10H13Cl2N. The van der Waals surface area contributed by atoms with E-state index < -0.39 is 0 Å². The van der Waals surface area contributed by atoms with E-state index in [9.17, 15) is 0 Å². The van der Waals surface area contributed by atoms with Crippen molar-refractivity contribution in [1.82, 2.24) is 5.32 Å². The summed E-state index contributed by atoms with van der Waals surface area (Å²) in [6.07, 6.45) is 0. The van der Waals surface area contributed by atoms with Gasteiger partial charge in [-0.2, -0.15) is 0 Å². The third-order valence-corrected chi connectivity index (χ3v) is 2.69. The topological polar surface area (TPSA) is 12.0 Å². The van der Waals surface area contributed by atoms with Crippen LogP contribution in [0.5, 0.6) is 0 Å². The van der Waals surface area contributed by atoms with Crippen molar-refractivity contribution < 1.29 is 0 Å². The highest BCUT2D eigenvalue weighted by molar-refractivity contribution is 6.42. The van der Waals surface area contributed by atoms with Crippen LogP contribution in [0.15, 0.2) is 18.2 Å². The van der Waals surface area contributed by atoms with Crippen molar-refractivity contribution >= 4 is 23.2 Å². The van der Waals surface area contributed by atoms with Gasteiger partial charge in [-0.1, -0.05) is 36.2 Å². The predicted octanol–water partition coefficient (Wildman–Crippen LogP) is 3.66. The van der Waals surface area contributed by atoms with Gasteiger partial charge in [0.1, 0.15) is 0 Å². The van der Waals surface area contributed by atoms with Gasteiger partial charge in [0, 0.05) is 6.04 Å². The Morgan fingerprint density at radius 1 is 1.31 bits per heavy atom. The molecule has 1 aromatic rings. The summed E-state index contributed by atoms with van der Waals surface area (Å²) in [6, 6.07) is 6.03. The van der Waals surface area contributed by atoms with Crippen molar-refractivity contribution in [2.24, 2.45) is 0 Å². The standard InChI is InChI=1S/C10H13Cl2N/c1-3-13-7(2)8-4-5-9(11)10(12)6-8/h4-7,13H,3H2,1-2H3. The molecule has 0 radical (unpaired) electrons. The molecule has 0 aliphatic heterocycles. The number of halogens is 2. The number of benzene rings is 1. The van der Waals surface area contributed by atoms with Crippen LogP contribution in [-0.4, -0.2) is 6.54 Å². The first kappa shape index (κ1) is 10.8. The van der Waals surface area contributed by atoms with Crippen LogP contribution >= 0.6 is 23.2 Å². The smallest absolute Gasteiger partial charge is 0.0595 e. The minimum atomic E-state index is 0.319. The van der Waals surface area contributed by atoms with Crippen LogP contribution in [0.3, 0.4) is 0 Å². The Hall–Kier alpha value is -0.240. The molecular weight excluding hydrogens is 205 g/mol. The SMILES string of the molecule is CCNC(C)c1ccc(Cl)c(Cl)c1. The summed E-state index contributed by atoms with van der Waals surface area (Å²) in [6.45, 7) is 5.12. The Bertz CT molecular complexity index is 286. The molecule has 1 unspecified atom stereocenters. The molecule has 13 heavy (non-hydrogen) atoms. The number of rotatable bonds is 3. The van der Waals surface area contributed by atoms with Gasteiger partial charge in [-0.05, 0) is 31.2 Å². The van der Waals surface area contributed by atoms with Crippen LogP contribution in [0.25, 0.3) is 0 Å². The maximum absolute atomic E-state index is 5.90.